The van der Waals surface area contributed by atoms with Crippen molar-refractivity contribution in [3.05, 3.63) is 0 Å². The van der Waals surface area contributed by atoms with Gasteiger partial charge >= 0.3 is 5.97 Å². The molecule has 0 saturated heterocycles. The Labute approximate surface area is 92.6 Å². The van der Waals surface area contributed by atoms with Gasteiger partial charge in [-0.1, -0.05) is 19.6 Å². The van der Waals surface area contributed by atoms with Gasteiger partial charge in [-0.2, -0.15) is 0 Å². The number of aliphatic carboxylic acids is 1. The highest BCUT2D eigenvalue weighted by Gasteiger charge is 2.12. The Morgan fingerprint density at radius 2 is 1.93 bits per heavy atom. The SMILES string of the molecule is CC(COCOCC[Si](C)(C)C)C(=O)O. The summed E-state index contributed by atoms with van der Waals surface area (Å²) in [5.41, 5.74) is 0. The molecule has 1 unspecified atom stereocenters. The van der Waals surface area contributed by atoms with Gasteiger partial charge in [-0.3, -0.25) is 4.79 Å². The molecule has 0 aliphatic carbocycles. The fraction of sp³-hybridized carbons (Fsp3) is 0.900. The molecule has 90 valence electrons. The summed E-state index contributed by atoms with van der Waals surface area (Å²) in [6, 6.07) is 1.10. The molecule has 0 radical (unpaired) electrons. The summed E-state index contributed by atoms with van der Waals surface area (Å²) in [7, 11) is -1.03. The Bertz CT molecular complexity index is 188. The standard InChI is InChI=1S/C10H22O4Si/c1-9(10(11)12)7-14-8-13-5-6-15(2,3)4/h9H,5-8H2,1-4H3,(H,11,12). The lowest BCUT2D eigenvalue weighted by molar-refractivity contribution is -0.145. The largest absolute Gasteiger partial charge is 0.481 e. The zero-order chi connectivity index (χ0) is 11.9. The second-order valence-corrected chi connectivity index (χ2v) is 10.6. The molecule has 0 amide bonds. The van der Waals surface area contributed by atoms with Crippen LogP contribution in [-0.4, -0.2) is 39.2 Å². The molecule has 0 aliphatic rings. The minimum atomic E-state index is -1.03. The van der Waals surface area contributed by atoms with Crippen molar-refractivity contribution in [3.8, 4) is 0 Å². The minimum Gasteiger partial charge on any atom is -0.481 e. The van der Waals surface area contributed by atoms with Gasteiger partial charge < -0.3 is 14.6 Å². The predicted molar refractivity (Wildman–Crippen MR) is 61.7 cm³/mol. The Hall–Kier alpha value is -0.393. The van der Waals surface area contributed by atoms with E-state index in [0.29, 0.717) is 6.61 Å². The fourth-order valence-corrected chi connectivity index (χ4v) is 1.55. The van der Waals surface area contributed by atoms with E-state index >= 15 is 0 Å². The van der Waals surface area contributed by atoms with E-state index in [-0.39, 0.29) is 13.4 Å². The topological polar surface area (TPSA) is 55.8 Å². The van der Waals surface area contributed by atoms with Crippen LogP contribution in [0.1, 0.15) is 6.92 Å². The van der Waals surface area contributed by atoms with Gasteiger partial charge in [0.05, 0.1) is 12.5 Å². The fourth-order valence-electron chi connectivity index (χ4n) is 0.792. The van der Waals surface area contributed by atoms with Gasteiger partial charge in [-0.05, 0) is 13.0 Å². The number of ether oxygens (including phenoxy) is 2. The Morgan fingerprint density at radius 3 is 2.40 bits per heavy atom. The highest BCUT2D eigenvalue weighted by molar-refractivity contribution is 6.76. The van der Waals surface area contributed by atoms with Crippen molar-refractivity contribution in [3.63, 3.8) is 0 Å². The zero-order valence-electron chi connectivity index (χ0n) is 10.1. The van der Waals surface area contributed by atoms with E-state index in [1.54, 1.807) is 6.92 Å². The number of carboxylic acid groups (broad SMARTS) is 1. The van der Waals surface area contributed by atoms with Gasteiger partial charge in [0.15, 0.2) is 0 Å². The van der Waals surface area contributed by atoms with Crippen molar-refractivity contribution in [2.75, 3.05) is 20.0 Å². The van der Waals surface area contributed by atoms with Crippen LogP contribution in [0.5, 0.6) is 0 Å². The average molecular weight is 234 g/mol. The van der Waals surface area contributed by atoms with Crippen molar-refractivity contribution in [2.24, 2.45) is 5.92 Å². The van der Waals surface area contributed by atoms with E-state index in [9.17, 15) is 4.79 Å². The van der Waals surface area contributed by atoms with Gasteiger partial charge in [0.25, 0.3) is 0 Å². The smallest absolute Gasteiger partial charge is 0.308 e. The van der Waals surface area contributed by atoms with E-state index in [2.05, 4.69) is 19.6 Å². The minimum absolute atomic E-state index is 0.197. The third-order valence-electron chi connectivity index (χ3n) is 1.95. The van der Waals surface area contributed by atoms with Crippen molar-refractivity contribution in [1.82, 2.24) is 0 Å². The maximum atomic E-state index is 10.4. The number of carbonyl (C=O) groups is 1. The van der Waals surface area contributed by atoms with E-state index < -0.39 is 20.0 Å². The molecule has 0 aromatic rings. The molecule has 0 bridgehead atoms. The third kappa shape index (κ3) is 9.90. The molecule has 0 spiro atoms. The molecule has 4 nitrogen and oxygen atoms in total. The first-order valence-electron chi connectivity index (χ1n) is 5.21. The van der Waals surface area contributed by atoms with Crippen LogP contribution in [-0.2, 0) is 14.3 Å². The lowest BCUT2D eigenvalue weighted by Gasteiger charge is -2.15. The average Bonchev–Trinajstić information content (AvgIpc) is 2.08. The summed E-state index contributed by atoms with van der Waals surface area (Å²) in [5.74, 6) is -1.30. The van der Waals surface area contributed by atoms with Crippen molar-refractivity contribution in [2.45, 2.75) is 32.6 Å². The molecular weight excluding hydrogens is 212 g/mol. The summed E-state index contributed by atoms with van der Waals surface area (Å²) in [5, 5.41) is 8.58. The van der Waals surface area contributed by atoms with Crippen molar-refractivity contribution in [1.29, 1.82) is 0 Å². The highest BCUT2D eigenvalue weighted by Crippen LogP contribution is 2.07. The number of carboxylic acids is 1. The van der Waals surface area contributed by atoms with Gasteiger partial charge in [-0.15, -0.1) is 0 Å². The monoisotopic (exact) mass is 234 g/mol. The summed E-state index contributed by atoms with van der Waals surface area (Å²) in [6.45, 7) is 9.57. The maximum absolute atomic E-state index is 10.4. The molecule has 0 fully saturated rings. The first kappa shape index (κ1) is 14.6. The summed E-state index contributed by atoms with van der Waals surface area (Å²) >= 11 is 0. The maximum Gasteiger partial charge on any atom is 0.308 e. The predicted octanol–water partition coefficient (Wildman–Crippen LogP) is 2.04. The van der Waals surface area contributed by atoms with Crippen LogP contribution in [0.15, 0.2) is 0 Å². The molecule has 0 heterocycles. The molecule has 0 rings (SSSR count). The molecule has 1 atom stereocenters. The molecule has 5 heteroatoms. The van der Waals surface area contributed by atoms with Crippen LogP contribution >= 0.6 is 0 Å². The van der Waals surface area contributed by atoms with Crippen LogP contribution < -0.4 is 0 Å². The van der Waals surface area contributed by atoms with Crippen LogP contribution in [0.4, 0.5) is 0 Å². The van der Waals surface area contributed by atoms with E-state index in [0.717, 1.165) is 6.04 Å². The second-order valence-electron chi connectivity index (χ2n) is 4.95. The van der Waals surface area contributed by atoms with Crippen LogP contribution in [0.25, 0.3) is 0 Å². The summed E-state index contributed by atoms with van der Waals surface area (Å²) in [6.07, 6.45) is 0. The van der Waals surface area contributed by atoms with E-state index in [4.69, 9.17) is 14.6 Å². The first-order chi connectivity index (χ1) is 6.83. The lowest BCUT2D eigenvalue weighted by Crippen LogP contribution is -2.22. The Kier molecular flexibility index (Phi) is 6.79. The van der Waals surface area contributed by atoms with Crippen molar-refractivity contribution < 1.29 is 19.4 Å². The van der Waals surface area contributed by atoms with Crippen LogP contribution in [0, 0.1) is 5.92 Å². The Balaban J connectivity index is 3.29. The quantitative estimate of drug-likeness (QED) is 0.397. The van der Waals surface area contributed by atoms with Crippen molar-refractivity contribution >= 4 is 14.0 Å². The van der Waals surface area contributed by atoms with Gasteiger partial charge in [0.2, 0.25) is 0 Å². The molecule has 1 N–H and O–H groups in total. The third-order valence-corrected chi connectivity index (χ3v) is 3.66. The highest BCUT2D eigenvalue weighted by atomic mass is 28.3. The van der Waals surface area contributed by atoms with E-state index in [1.807, 2.05) is 0 Å². The van der Waals surface area contributed by atoms with Gasteiger partial charge in [0, 0.05) is 14.7 Å². The molecule has 0 aromatic carbocycles. The number of hydrogen-bond donors (Lipinski definition) is 1. The zero-order valence-corrected chi connectivity index (χ0v) is 11.1. The number of hydrogen-bond acceptors (Lipinski definition) is 3. The van der Waals surface area contributed by atoms with Crippen LogP contribution in [0.2, 0.25) is 25.7 Å². The van der Waals surface area contributed by atoms with E-state index in [1.165, 1.54) is 0 Å². The summed E-state index contributed by atoms with van der Waals surface area (Å²) in [4.78, 5) is 10.4. The first-order valence-corrected chi connectivity index (χ1v) is 8.92. The second kappa shape index (κ2) is 6.98. The molecular formula is C10H22O4Si. The molecule has 0 saturated carbocycles. The lowest BCUT2D eigenvalue weighted by atomic mass is 10.2. The van der Waals surface area contributed by atoms with Gasteiger partial charge in [0.1, 0.15) is 6.79 Å². The van der Waals surface area contributed by atoms with Gasteiger partial charge in [-0.25, -0.2) is 0 Å². The van der Waals surface area contributed by atoms with Crippen LogP contribution in [0.3, 0.4) is 0 Å². The number of rotatable bonds is 8. The normalized spacial score (nSPS) is 13.9. The summed E-state index contributed by atoms with van der Waals surface area (Å²) < 4.78 is 10.3. The molecule has 15 heavy (non-hydrogen) atoms. The Morgan fingerprint density at radius 1 is 1.33 bits per heavy atom. The molecule has 0 aromatic heterocycles. The molecule has 0 aliphatic heterocycles.